The monoisotopic (exact) mass is 382 g/mol. The van der Waals surface area contributed by atoms with Gasteiger partial charge in [-0.2, -0.15) is 0 Å². The van der Waals surface area contributed by atoms with E-state index in [0.717, 1.165) is 5.56 Å². The van der Waals surface area contributed by atoms with Crippen LogP contribution >= 0.6 is 0 Å². The number of aryl methyl sites for hydroxylation is 2. The lowest BCUT2D eigenvalue weighted by atomic mass is 10.0. The second-order valence-corrected chi connectivity index (χ2v) is 6.51. The van der Waals surface area contributed by atoms with Crippen LogP contribution in [-0.4, -0.2) is 20.0 Å². The third kappa shape index (κ3) is 3.28. The Bertz CT molecular complexity index is 1100. The molecule has 0 bridgehead atoms. The zero-order valence-electron chi connectivity index (χ0n) is 16.0. The van der Waals surface area contributed by atoms with Gasteiger partial charge in [-0.3, -0.25) is 24.0 Å². The first kappa shape index (κ1) is 19.3. The average Bonchev–Trinajstić information content (AvgIpc) is 2.96. The molecule has 0 saturated carbocycles. The van der Waals surface area contributed by atoms with Crippen LogP contribution in [0.15, 0.2) is 47.3 Å². The van der Waals surface area contributed by atoms with E-state index in [1.54, 1.807) is 11.5 Å². The van der Waals surface area contributed by atoms with E-state index < -0.39 is 10.8 Å². The molecule has 0 spiro atoms. The molecule has 1 amide bonds. The summed E-state index contributed by atoms with van der Waals surface area (Å²) in [5, 5.41) is 14.3. The van der Waals surface area contributed by atoms with Gasteiger partial charge in [0.15, 0.2) is 0 Å². The first-order chi connectivity index (χ1) is 13.4. The van der Waals surface area contributed by atoms with Crippen LogP contribution in [0.2, 0.25) is 0 Å². The second-order valence-electron chi connectivity index (χ2n) is 6.51. The molecule has 0 radical (unpaired) electrons. The van der Waals surface area contributed by atoms with Gasteiger partial charge >= 0.3 is 5.69 Å². The second kappa shape index (κ2) is 7.67. The van der Waals surface area contributed by atoms with Crippen molar-refractivity contribution in [1.82, 2.24) is 9.13 Å². The number of nitrogens with one attached hydrogen (secondary N) is 1. The lowest BCUT2D eigenvalue weighted by Crippen LogP contribution is -2.23. The number of carbonyl (C=O) groups excluding carboxylic acids is 1. The van der Waals surface area contributed by atoms with Crippen LogP contribution in [0.1, 0.15) is 32.3 Å². The van der Waals surface area contributed by atoms with Gasteiger partial charge in [0.25, 0.3) is 5.69 Å². The van der Waals surface area contributed by atoms with Crippen LogP contribution in [0.25, 0.3) is 11.0 Å². The topological polar surface area (TPSA) is 99.2 Å². The highest BCUT2D eigenvalue weighted by Crippen LogP contribution is 2.31. The number of nitro groups is 1. The molecule has 1 aromatic heterocycles. The number of fused-ring (bicyclic) bond motifs is 1. The van der Waals surface area contributed by atoms with Crippen molar-refractivity contribution in [2.45, 2.75) is 39.8 Å². The average molecular weight is 382 g/mol. The molecule has 0 fully saturated rings. The lowest BCUT2D eigenvalue weighted by Gasteiger charge is -2.13. The van der Waals surface area contributed by atoms with E-state index in [9.17, 15) is 19.7 Å². The van der Waals surface area contributed by atoms with Gasteiger partial charge in [0.05, 0.1) is 21.9 Å². The smallest absolute Gasteiger partial charge is 0.320 e. The van der Waals surface area contributed by atoms with Crippen LogP contribution in [0, 0.1) is 10.1 Å². The minimum absolute atomic E-state index is 0.0840. The summed E-state index contributed by atoms with van der Waals surface area (Å²) >= 11 is 0. The molecular weight excluding hydrogens is 360 g/mol. The fourth-order valence-corrected chi connectivity index (χ4v) is 3.35. The van der Waals surface area contributed by atoms with E-state index in [0.29, 0.717) is 24.1 Å². The molecule has 28 heavy (non-hydrogen) atoms. The van der Waals surface area contributed by atoms with E-state index in [2.05, 4.69) is 5.32 Å². The Labute approximate surface area is 161 Å². The molecule has 3 aromatic rings. The summed E-state index contributed by atoms with van der Waals surface area (Å²) in [6.07, 6.45) is 0. The summed E-state index contributed by atoms with van der Waals surface area (Å²) in [4.78, 5) is 36.3. The number of aromatic nitrogens is 2. The highest BCUT2D eigenvalue weighted by atomic mass is 16.6. The Kier molecular flexibility index (Phi) is 5.30. The Morgan fingerprint density at radius 1 is 1.11 bits per heavy atom. The normalized spacial score (nSPS) is 12.1. The summed E-state index contributed by atoms with van der Waals surface area (Å²) in [6, 6.07) is 12.1. The standard InChI is InChI=1S/C20H22N4O4/c1-4-22-17-11-15(21-19(25)13(3)14-9-7-6-8-10-14)16(24(27)28)12-18(17)23(5-2)20(22)26/h6-13H,4-5H2,1-3H3,(H,21,25)/t13-/m0/s1. The number of amides is 1. The Balaban J connectivity index is 2.09. The highest BCUT2D eigenvalue weighted by molar-refractivity contribution is 5.99. The van der Waals surface area contributed by atoms with Gasteiger partial charge in [-0.1, -0.05) is 30.3 Å². The third-order valence-electron chi connectivity index (χ3n) is 4.92. The summed E-state index contributed by atoms with van der Waals surface area (Å²) < 4.78 is 3.03. The molecule has 8 nitrogen and oxygen atoms in total. The molecule has 1 heterocycles. The molecule has 146 valence electrons. The molecule has 0 saturated heterocycles. The SMILES string of the molecule is CCn1c(=O)n(CC)c2cc([N+](=O)[O-])c(NC(=O)[C@@H](C)c3ccccc3)cc21. The Morgan fingerprint density at radius 3 is 2.21 bits per heavy atom. The van der Waals surface area contributed by atoms with Crippen molar-refractivity contribution in [2.75, 3.05) is 5.32 Å². The highest BCUT2D eigenvalue weighted by Gasteiger charge is 2.24. The van der Waals surface area contributed by atoms with Crippen LogP contribution in [0.4, 0.5) is 11.4 Å². The number of benzene rings is 2. The van der Waals surface area contributed by atoms with Gasteiger partial charge in [0, 0.05) is 19.2 Å². The molecule has 2 aromatic carbocycles. The van der Waals surface area contributed by atoms with Crippen LogP contribution in [-0.2, 0) is 17.9 Å². The van der Waals surface area contributed by atoms with Crippen LogP contribution < -0.4 is 11.0 Å². The van der Waals surface area contributed by atoms with E-state index in [1.165, 1.54) is 16.7 Å². The molecule has 3 rings (SSSR count). The van der Waals surface area contributed by atoms with Crippen molar-refractivity contribution < 1.29 is 9.72 Å². The number of carbonyl (C=O) groups is 1. The van der Waals surface area contributed by atoms with E-state index in [4.69, 9.17) is 0 Å². The number of rotatable bonds is 6. The van der Waals surface area contributed by atoms with Gasteiger partial charge in [-0.05, 0) is 32.4 Å². The molecular formula is C20H22N4O4. The van der Waals surface area contributed by atoms with E-state index in [-0.39, 0.29) is 23.0 Å². The van der Waals surface area contributed by atoms with E-state index in [1.807, 2.05) is 44.2 Å². The summed E-state index contributed by atoms with van der Waals surface area (Å²) in [6.45, 7) is 6.20. The van der Waals surface area contributed by atoms with Gasteiger partial charge in [-0.25, -0.2) is 4.79 Å². The van der Waals surface area contributed by atoms with E-state index >= 15 is 0 Å². The fourth-order valence-electron chi connectivity index (χ4n) is 3.35. The first-order valence-electron chi connectivity index (χ1n) is 9.16. The minimum Gasteiger partial charge on any atom is -0.320 e. The van der Waals surface area contributed by atoms with Crippen molar-refractivity contribution in [3.8, 4) is 0 Å². The summed E-state index contributed by atoms with van der Waals surface area (Å²) in [5.41, 5.74) is 1.47. The summed E-state index contributed by atoms with van der Waals surface area (Å²) in [5.74, 6) is -0.834. The van der Waals surface area contributed by atoms with Crippen molar-refractivity contribution in [3.63, 3.8) is 0 Å². The quantitative estimate of drug-likeness (QED) is 0.521. The largest absolute Gasteiger partial charge is 0.329 e. The molecule has 1 atom stereocenters. The lowest BCUT2D eigenvalue weighted by molar-refractivity contribution is -0.383. The van der Waals surface area contributed by atoms with Crippen LogP contribution in [0.3, 0.4) is 0 Å². The zero-order valence-corrected chi connectivity index (χ0v) is 16.0. The number of nitro benzene ring substituents is 1. The predicted molar refractivity (Wildman–Crippen MR) is 108 cm³/mol. The number of imidazole rings is 1. The summed E-state index contributed by atoms with van der Waals surface area (Å²) in [7, 11) is 0. The first-order valence-corrected chi connectivity index (χ1v) is 9.16. The molecule has 1 N–H and O–H groups in total. The van der Waals surface area contributed by atoms with Gasteiger partial charge in [0.1, 0.15) is 5.69 Å². The van der Waals surface area contributed by atoms with Crippen molar-refractivity contribution in [1.29, 1.82) is 0 Å². The number of nitrogens with zero attached hydrogens (tertiary/aromatic N) is 3. The number of hydrogen-bond acceptors (Lipinski definition) is 4. The van der Waals surface area contributed by atoms with Crippen molar-refractivity contribution in [3.05, 3.63) is 68.6 Å². The predicted octanol–water partition coefficient (Wildman–Crippen LogP) is 3.49. The maximum atomic E-state index is 12.7. The minimum atomic E-state index is -0.546. The number of anilines is 1. The Hall–Kier alpha value is -3.42. The third-order valence-corrected chi connectivity index (χ3v) is 4.92. The fraction of sp³-hybridized carbons (Fsp3) is 0.300. The molecule has 0 unspecified atom stereocenters. The molecule has 0 aliphatic rings. The molecule has 0 aliphatic heterocycles. The Morgan fingerprint density at radius 2 is 1.68 bits per heavy atom. The van der Waals surface area contributed by atoms with Crippen LogP contribution in [0.5, 0.6) is 0 Å². The van der Waals surface area contributed by atoms with Gasteiger partial charge in [-0.15, -0.1) is 0 Å². The molecule has 8 heteroatoms. The maximum absolute atomic E-state index is 12.7. The van der Waals surface area contributed by atoms with Crippen molar-refractivity contribution in [2.24, 2.45) is 0 Å². The van der Waals surface area contributed by atoms with Gasteiger partial charge < -0.3 is 5.32 Å². The zero-order chi connectivity index (χ0) is 20.4. The maximum Gasteiger partial charge on any atom is 0.329 e. The van der Waals surface area contributed by atoms with Crippen molar-refractivity contribution >= 4 is 28.3 Å². The molecule has 0 aliphatic carbocycles. The number of hydrogen-bond donors (Lipinski definition) is 1. The van der Waals surface area contributed by atoms with Gasteiger partial charge in [0.2, 0.25) is 5.91 Å².